The third-order valence-electron chi connectivity index (χ3n) is 5.31. The molecule has 0 spiro atoms. The molecule has 3 nitrogen and oxygen atoms in total. The van der Waals surface area contributed by atoms with Gasteiger partial charge in [-0.2, -0.15) is 0 Å². The van der Waals surface area contributed by atoms with Crippen molar-refractivity contribution in [2.45, 2.75) is 6.42 Å². The number of phenols is 1. The van der Waals surface area contributed by atoms with Crippen LogP contribution in [0.1, 0.15) is 11.3 Å². The van der Waals surface area contributed by atoms with Gasteiger partial charge in [-0.3, -0.25) is 9.97 Å². The summed E-state index contributed by atoms with van der Waals surface area (Å²) < 4.78 is 0. The van der Waals surface area contributed by atoms with Crippen molar-refractivity contribution in [1.29, 1.82) is 0 Å². The second-order valence-electron chi connectivity index (χ2n) is 7.58. The Kier molecular flexibility index (Phi) is 7.12. The first-order valence-electron chi connectivity index (χ1n) is 10.5. The summed E-state index contributed by atoms with van der Waals surface area (Å²) in [7, 11) is 0. The molecule has 5 aromatic rings. The monoisotopic (exact) mass is 608 g/mol. The minimum absolute atomic E-state index is 0. The summed E-state index contributed by atoms with van der Waals surface area (Å²) in [6.45, 7) is 0. The predicted molar refractivity (Wildman–Crippen MR) is 128 cm³/mol. The number of hydrogen-bond acceptors (Lipinski definition) is 3. The summed E-state index contributed by atoms with van der Waals surface area (Å²) in [4.78, 5) is 9.64. The number of rotatable bonds is 5. The minimum Gasteiger partial charge on any atom is -0.507 e. The molecule has 0 saturated heterocycles. The zero-order valence-electron chi connectivity index (χ0n) is 17.8. The normalized spacial score (nSPS) is 10.4. The largest absolute Gasteiger partial charge is 0.507 e. The molecule has 164 valence electrons. The third-order valence-corrected chi connectivity index (χ3v) is 5.31. The van der Waals surface area contributed by atoms with Crippen molar-refractivity contribution in [2.24, 2.45) is 0 Å². The fraction of sp³-hybridized carbons (Fsp3) is 0.0345. The van der Waals surface area contributed by atoms with Gasteiger partial charge in [0.1, 0.15) is 5.75 Å². The van der Waals surface area contributed by atoms with Crippen molar-refractivity contribution < 1.29 is 26.2 Å². The first-order valence-corrected chi connectivity index (χ1v) is 10.5. The summed E-state index contributed by atoms with van der Waals surface area (Å²) in [5.74, 6) is 0.217. The average molecular weight is 609 g/mol. The molecule has 3 aromatic carbocycles. The van der Waals surface area contributed by atoms with Gasteiger partial charge in [0.05, 0.1) is 5.69 Å². The Morgan fingerprint density at radius 2 is 1.18 bits per heavy atom. The second-order valence-corrected chi connectivity index (χ2v) is 7.58. The molecule has 0 bridgehead atoms. The van der Waals surface area contributed by atoms with Crippen LogP contribution in [-0.4, -0.2) is 15.1 Å². The number of phenolic OH excluding ortho intramolecular Hbond substituents is 1. The van der Waals surface area contributed by atoms with E-state index >= 15 is 0 Å². The van der Waals surface area contributed by atoms with E-state index in [1.807, 2.05) is 78.9 Å². The number of hydrogen-bond donors (Lipinski definition) is 1. The van der Waals surface area contributed by atoms with Gasteiger partial charge in [0, 0.05) is 50.1 Å². The fourth-order valence-electron chi connectivity index (χ4n) is 3.73. The van der Waals surface area contributed by atoms with Crippen molar-refractivity contribution >= 4 is 0 Å². The molecule has 5 rings (SSSR count). The van der Waals surface area contributed by atoms with E-state index in [4.69, 9.17) is 9.97 Å². The van der Waals surface area contributed by atoms with Crippen LogP contribution in [0.2, 0.25) is 0 Å². The molecule has 0 radical (unpaired) electrons. The summed E-state index contributed by atoms with van der Waals surface area (Å²) in [5, 5.41) is 10.2. The molecule has 0 amide bonds. The molecule has 0 fully saturated rings. The Morgan fingerprint density at radius 1 is 0.576 bits per heavy atom. The van der Waals surface area contributed by atoms with Crippen molar-refractivity contribution in [1.82, 2.24) is 9.97 Å². The Bertz CT molecular complexity index is 1370. The maximum absolute atomic E-state index is 10.2. The molecule has 2 heterocycles. The van der Waals surface area contributed by atoms with Gasteiger partial charge in [-0.25, -0.2) is 0 Å². The molecular weight excluding hydrogens is 587 g/mol. The molecule has 0 aliphatic carbocycles. The summed E-state index contributed by atoms with van der Waals surface area (Å²) >= 11 is 0. The van der Waals surface area contributed by atoms with Crippen LogP contribution in [0.25, 0.3) is 33.8 Å². The van der Waals surface area contributed by atoms with Crippen molar-refractivity contribution in [3.8, 4) is 39.5 Å². The molecular formula is C29H21N2OPt-. The molecule has 2 aromatic heterocycles. The number of aromatic nitrogens is 2. The molecule has 0 aliphatic rings. The van der Waals surface area contributed by atoms with Crippen molar-refractivity contribution in [3.63, 3.8) is 0 Å². The van der Waals surface area contributed by atoms with Gasteiger partial charge in [-0.1, -0.05) is 77.9 Å². The van der Waals surface area contributed by atoms with Gasteiger partial charge >= 0.3 is 0 Å². The number of pyridine rings is 2. The summed E-state index contributed by atoms with van der Waals surface area (Å²) in [6.07, 6.45) is 0.790. The SMILES string of the molecule is Oc1ccccc1-c1cccc(-c2[c-]c(-c3cccc(Cc4ccccc4)n3)ccc2)n1.[Pt]. The average Bonchev–Trinajstić information content (AvgIpc) is 2.85. The van der Waals surface area contributed by atoms with E-state index in [0.717, 1.165) is 40.3 Å². The van der Waals surface area contributed by atoms with Gasteiger partial charge in [-0.05, 0) is 29.8 Å². The molecule has 0 saturated carbocycles. The number of para-hydroxylation sites is 1. The standard InChI is InChI=1S/C29H21N2O.Pt/c32-29-18-5-4-14-25(29)28-17-8-16-27(31-28)23-12-6-11-22(20-23)26-15-7-13-24(30-26)19-21-9-2-1-3-10-21;/h1-18,32H,19H2;/q-1;. The maximum Gasteiger partial charge on any atom is 0.124 e. The topological polar surface area (TPSA) is 46.0 Å². The van der Waals surface area contributed by atoms with Crippen molar-refractivity contribution in [2.75, 3.05) is 0 Å². The fourth-order valence-corrected chi connectivity index (χ4v) is 3.73. The van der Waals surface area contributed by atoms with E-state index in [1.165, 1.54) is 5.56 Å². The Balaban J connectivity index is 0.00000259. The molecule has 33 heavy (non-hydrogen) atoms. The smallest absolute Gasteiger partial charge is 0.124 e. The van der Waals surface area contributed by atoms with E-state index in [2.05, 4.69) is 24.3 Å². The van der Waals surface area contributed by atoms with E-state index in [9.17, 15) is 5.11 Å². The summed E-state index contributed by atoms with van der Waals surface area (Å²) in [6, 6.07) is 39.0. The second kappa shape index (κ2) is 10.4. The molecule has 1 N–H and O–H groups in total. The molecule has 4 heteroatoms. The number of benzene rings is 3. The third kappa shape index (κ3) is 5.27. The van der Waals surface area contributed by atoms with E-state index in [0.29, 0.717) is 5.56 Å². The zero-order valence-corrected chi connectivity index (χ0v) is 20.0. The van der Waals surface area contributed by atoms with Gasteiger partial charge < -0.3 is 5.11 Å². The molecule has 0 aliphatic heterocycles. The first kappa shape index (κ1) is 22.6. The van der Waals surface area contributed by atoms with E-state index in [1.54, 1.807) is 12.1 Å². The molecule has 0 atom stereocenters. The molecule has 0 unspecified atom stereocenters. The Morgan fingerprint density at radius 3 is 1.94 bits per heavy atom. The van der Waals surface area contributed by atoms with Crippen LogP contribution in [0.3, 0.4) is 0 Å². The summed E-state index contributed by atoms with van der Waals surface area (Å²) in [5.41, 5.74) is 7.18. The zero-order chi connectivity index (χ0) is 21.8. The van der Waals surface area contributed by atoms with Gasteiger partial charge in [0.15, 0.2) is 0 Å². The van der Waals surface area contributed by atoms with E-state index < -0.39 is 0 Å². The van der Waals surface area contributed by atoms with Crippen LogP contribution in [0.15, 0.2) is 109 Å². The van der Waals surface area contributed by atoms with Crippen LogP contribution in [0, 0.1) is 6.07 Å². The Labute approximate surface area is 208 Å². The number of aromatic hydroxyl groups is 1. The van der Waals surface area contributed by atoms with Gasteiger partial charge in [0.25, 0.3) is 0 Å². The van der Waals surface area contributed by atoms with Crippen LogP contribution in [-0.2, 0) is 27.5 Å². The first-order chi connectivity index (χ1) is 15.8. The maximum atomic E-state index is 10.2. The minimum atomic E-state index is 0. The van der Waals surface area contributed by atoms with E-state index in [-0.39, 0.29) is 26.8 Å². The van der Waals surface area contributed by atoms with Crippen LogP contribution in [0.4, 0.5) is 0 Å². The predicted octanol–water partition coefficient (Wildman–Crippen LogP) is 6.57. The quantitative estimate of drug-likeness (QED) is 0.230. The Hall–Kier alpha value is -3.55. The number of nitrogens with zero attached hydrogens (tertiary/aromatic N) is 2. The van der Waals surface area contributed by atoms with Crippen LogP contribution in [0.5, 0.6) is 5.75 Å². The van der Waals surface area contributed by atoms with Crippen LogP contribution >= 0.6 is 0 Å². The van der Waals surface area contributed by atoms with Gasteiger partial charge in [-0.15, -0.1) is 24.3 Å². The van der Waals surface area contributed by atoms with Crippen LogP contribution < -0.4 is 0 Å². The van der Waals surface area contributed by atoms with Gasteiger partial charge in [0.2, 0.25) is 0 Å². The van der Waals surface area contributed by atoms with Crippen molar-refractivity contribution in [3.05, 3.63) is 127 Å².